The molecule has 0 aliphatic carbocycles. The summed E-state index contributed by atoms with van der Waals surface area (Å²) in [5.41, 5.74) is 2.10. The van der Waals surface area contributed by atoms with Crippen LogP contribution < -0.4 is 10.2 Å². The van der Waals surface area contributed by atoms with Gasteiger partial charge < -0.3 is 10.2 Å². The molecule has 0 saturated carbocycles. The maximum absolute atomic E-state index is 6.04. The molecule has 1 heterocycles. The Labute approximate surface area is 124 Å². The Bertz CT molecular complexity index is 596. The topological polar surface area (TPSA) is 41.1 Å². The zero-order valence-electron chi connectivity index (χ0n) is 12.2. The number of benzene rings is 1. The average molecular weight is 291 g/mol. The van der Waals surface area contributed by atoms with Gasteiger partial charge in [-0.1, -0.05) is 31.5 Å². The van der Waals surface area contributed by atoms with E-state index < -0.39 is 0 Å². The minimum absolute atomic E-state index is 0.238. The summed E-state index contributed by atoms with van der Waals surface area (Å²) in [7, 11) is 4.02. The van der Waals surface area contributed by atoms with Crippen molar-refractivity contribution in [2.45, 2.75) is 19.8 Å². The van der Waals surface area contributed by atoms with Crippen molar-refractivity contribution in [3.63, 3.8) is 0 Å². The number of aromatic nitrogens is 2. The smallest absolute Gasteiger partial charge is 0.135 e. The van der Waals surface area contributed by atoms with E-state index in [9.17, 15) is 0 Å². The zero-order chi connectivity index (χ0) is 14.7. The molecule has 0 radical (unpaired) electrons. The first-order valence-corrected chi connectivity index (χ1v) is 6.92. The van der Waals surface area contributed by atoms with Gasteiger partial charge in [0, 0.05) is 37.5 Å². The van der Waals surface area contributed by atoms with E-state index >= 15 is 0 Å². The summed E-state index contributed by atoms with van der Waals surface area (Å²) in [4.78, 5) is 10.8. The van der Waals surface area contributed by atoms with Crippen LogP contribution in [0.2, 0.25) is 5.15 Å². The molecule has 0 aliphatic heterocycles. The van der Waals surface area contributed by atoms with Gasteiger partial charge in [-0.15, -0.1) is 0 Å². The predicted octanol–water partition coefficient (Wildman–Crippen LogP) is 4.06. The van der Waals surface area contributed by atoms with Crippen LogP contribution in [0.5, 0.6) is 0 Å². The van der Waals surface area contributed by atoms with Crippen molar-refractivity contribution in [2.75, 3.05) is 24.3 Å². The van der Waals surface area contributed by atoms with Crippen LogP contribution in [0, 0.1) is 0 Å². The maximum Gasteiger partial charge on any atom is 0.135 e. The molecular formula is C15H19ClN4. The van der Waals surface area contributed by atoms with Gasteiger partial charge in [0.1, 0.15) is 16.8 Å². The number of nitrogens with zero attached hydrogens (tertiary/aromatic N) is 3. The van der Waals surface area contributed by atoms with Crippen LogP contribution in [0.3, 0.4) is 0 Å². The van der Waals surface area contributed by atoms with Crippen molar-refractivity contribution in [3.8, 4) is 0 Å². The van der Waals surface area contributed by atoms with Crippen molar-refractivity contribution in [3.05, 3.63) is 41.3 Å². The molecule has 20 heavy (non-hydrogen) atoms. The van der Waals surface area contributed by atoms with E-state index in [2.05, 4.69) is 32.3 Å². The minimum Gasteiger partial charge on any atom is -0.378 e. The third-order valence-corrected chi connectivity index (χ3v) is 3.06. The second kappa shape index (κ2) is 6.09. The summed E-state index contributed by atoms with van der Waals surface area (Å²) >= 11 is 6.04. The number of halogens is 1. The van der Waals surface area contributed by atoms with Gasteiger partial charge in [-0.2, -0.15) is 0 Å². The molecule has 4 nitrogen and oxygen atoms in total. The molecule has 106 valence electrons. The second-order valence-electron chi connectivity index (χ2n) is 5.16. The first kappa shape index (κ1) is 14.6. The molecule has 2 aromatic rings. The third kappa shape index (κ3) is 3.61. The van der Waals surface area contributed by atoms with E-state index in [4.69, 9.17) is 11.6 Å². The lowest BCUT2D eigenvalue weighted by Crippen LogP contribution is -2.08. The number of nitrogens with one attached hydrogen (secondary N) is 1. The number of anilines is 3. The summed E-state index contributed by atoms with van der Waals surface area (Å²) in [6, 6.07) is 9.85. The minimum atomic E-state index is 0.238. The zero-order valence-corrected chi connectivity index (χ0v) is 12.9. The Balaban J connectivity index is 2.27. The van der Waals surface area contributed by atoms with E-state index in [0.29, 0.717) is 11.0 Å². The molecule has 0 unspecified atom stereocenters. The molecule has 0 amide bonds. The number of hydrogen-bond donors (Lipinski definition) is 1. The van der Waals surface area contributed by atoms with E-state index in [1.165, 1.54) is 0 Å². The Morgan fingerprint density at radius 3 is 2.55 bits per heavy atom. The SMILES string of the molecule is CC(C)c1nc(Cl)cc(Nc2cccc(N(C)C)c2)n1. The van der Waals surface area contributed by atoms with Crippen LogP contribution in [-0.2, 0) is 0 Å². The molecule has 1 aromatic heterocycles. The highest BCUT2D eigenvalue weighted by Crippen LogP contribution is 2.23. The lowest BCUT2D eigenvalue weighted by Gasteiger charge is -2.14. The standard InChI is InChI=1S/C15H19ClN4/c1-10(2)15-18-13(16)9-14(19-15)17-11-6-5-7-12(8-11)20(3)4/h5-10H,1-4H3,(H,17,18,19). The van der Waals surface area contributed by atoms with Crippen molar-refractivity contribution < 1.29 is 0 Å². The average Bonchev–Trinajstić information content (AvgIpc) is 2.38. The molecule has 5 heteroatoms. The van der Waals surface area contributed by atoms with Gasteiger partial charge in [-0.25, -0.2) is 9.97 Å². The Morgan fingerprint density at radius 1 is 1.15 bits per heavy atom. The predicted molar refractivity (Wildman–Crippen MR) is 85.2 cm³/mol. The summed E-state index contributed by atoms with van der Waals surface area (Å²) in [5.74, 6) is 1.69. The maximum atomic E-state index is 6.04. The lowest BCUT2D eigenvalue weighted by atomic mass is 10.2. The van der Waals surface area contributed by atoms with Crippen molar-refractivity contribution in [2.24, 2.45) is 0 Å². The van der Waals surface area contributed by atoms with E-state index in [-0.39, 0.29) is 5.92 Å². The van der Waals surface area contributed by atoms with E-state index in [1.807, 2.05) is 40.1 Å². The highest BCUT2D eigenvalue weighted by atomic mass is 35.5. The molecule has 0 bridgehead atoms. The normalized spacial score (nSPS) is 10.7. The van der Waals surface area contributed by atoms with E-state index in [1.54, 1.807) is 6.07 Å². The van der Waals surface area contributed by atoms with Crippen LogP contribution in [-0.4, -0.2) is 24.1 Å². The highest BCUT2D eigenvalue weighted by Gasteiger charge is 2.07. The first-order valence-electron chi connectivity index (χ1n) is 6.54. The number of hydrogen-bond acceptors (Lipinski definition) is 4. The summed E-state index contributed by atoms with van der Waals surface area (Å²) < 4.78 is 0. The molecule has 1 aromatic carbocycles. The summed E-state index contributed by atoms with van der Waals surface area (Å²) in [6.07, 6.45) is 0. The molecule has 1 N–H and O–H groups in total. The number of rotatable bonds is 4. The van der Waals surface area contributed by atoms with Gasteiger partial charge in [0.25, 0.3) is 0 Å². The molecular weight excluding hydrogens is 272 g/mol. The van der Waals surface area contributed by atoms with Gasteiger partial charge in [-0.05, 0) is 18.2 Å². The van der Waals surface area contributed by atoms with Gasteiger partial charge in [0.2, 0.25) is 0 Å². The molecule has 0 aliphatic rings. The largest absolute Gasteiger partial charge is 0.378 e. The fourth-order valence-corrected chi connectivity index (χ4v) is 1.96. The molecule has 0 spiro atoms. The fourth-order valence-electron chi connectivity index (χ4n) is 1.77. The van der Waals surface area contributed by atoms with Gasteiger partial charge in [-0.3, -0.25) is 0 Å². The Morgan fingerprint density at radius 2 is 1.90 bits per heavy atom. The van der Waals surface area contributed by atoms with E-state index in [0.717, 1.165) is 17.2 Å². The van der Waals surface area contributed by atoms with Gasteiger partial charge in [0.15, 0.2) is 0 Å². The lowest BCUT2D eigenvalue weighted by molar-refractivity contribution is 0.776. The van der Waals surface area contributed by atoms with Crippen LogP contribution in [0.1, 0.15) is 25.6 Å². The molecule has 2 rings (SSSR count). The summed E-state index contributed by atoms with van der Waals surface area (Å²) in [5, 5.41) is 3.73. The van der Waals surface area contributed by atoms with Crippen molar-refractivity contribution in [1.82, 2.24) is 9.97 Å². The Kier molecular flexibility index (Phi) is 4.45. The summed E-state index contributed by atoms with van der Waals surface area (Å²) in [6.45, 7) is 4.09. The van der Waals surface area contributed by atoms with Crippen LogP contribution in [0.4, 0.5) is 17.2 Å². The quantitative estimate of drug-likeness (QED) is 0.862. The molecule has 0 atom stereocenters. The van der Waals surface area contributed by atoms with Crippen molar-refractivity contribution in [1.29, 1.82) is 0 Å². The fraction of sp³-hybridized carbons (Fsp3) is 0.333. The third-order valence-electron chi connectivity index (χ3n) is 2.86. The van der Waals surface area contributed by atoms with Gasteiger partial charge in [0.05, 0.1) is 0 Å². The highest BCUT2D eigenvalue weighted by molar-refractivity contribution is 6.29. The second-order valence-corrected chi connectivity index (χ2v) is 5.55. The first-order chi connectivity index (χ1) is 9.45. The Hall–Kier alpha value is -1.81. The molecule has 0 saturated heterocycles. The molecule has 0 fully saturated rings. The van der Waals surface area contributed by atoms with Crippen LogP contribution >= 0.6 is 11.6 Å². The monoisotopic (exact) mass is 290 g/mol. The van der Waals surface area contributed by atoms with Crippen LogP contribution in [0.15, 0.2) is 30.3 Å². The van der Waals surface area contributed by atoms with Crippen LogP contribution in [0.25, 0.3) is 0 Å². The van der Waals surface area contributed by atoms with Gasteiger partial charge >= 0.3 is 0 Å². The van der Waals surface area contributed by atoms with Crippen molar-refractivity contribution >= 4 is 28.8 Å².